The molecule has 2 saturated heterocycles. The van der Waals surface area contributed by atoms with Gasteiger partial charge in [0.25, 0.3) is 0 Å². The molecule has 14 nitrogen and oxygen atoms in total. The van der Waals surface area contributed by atoms with E-state index in [1.54, 1.807) is 31.1 Å². The van der Waals surface area contributed by atoms with Crippen LogP contribution in [-0.4, -0.2) is 90.1 Å². The van der Waals surface area contributed by atoms with Gasteiger partial charge in [-0.15, -0.1) is 0 Å². The Labute approximate surface area is 321 Å². The number of methoxy groups -OCH3 is 1. The third-order valence-corrected chi connectivity index (χ3v) is 11.7. The number of carbonyl (C=O) groups excluding carboxylic acids is 3. The monoisotopic (exact) mass is 752 g/mol. The first-order valence-corrected chi connectivity index (χ1v) is 19.0. The summed E-state index contributed by atoms with van der Waals surface area (Å²) in [6.07, 6.45) is 4.85. The number of nitrogens with one attached hydrogen (secondary N) is 4. The van der Waals surface area contributed by atoms with E-state index in [0.29, 0.717) is 24.7 Å². The first kappa shape index (κ1) is 39.0. The van der Waals surface area contributed by atoms with Gasteiger partial charge >= 0.3 is 12.2 Å². The minimum atomic E-state index is -1.25. The molecule has 4 amide bonds. The van der Waals surface area contributed by atoms with E-state index < -0.39 is 23.3 Å². The maximum atomic E-state index is 13.8. The Hall–Kier alpha value is -5.66. The van der Waals surface area contributed by atoms with E-state index in [2.05, 4.69) is 54.8 Å². The number of aromatic nitrogens is 4. The zero-order chi connectivity index (χ0) is 39.7. The van der Waals surface area contributed by atoms with E-state index in [4.69, 9.17) is 4.74 Å². The fourth-order valence-electron chi connectivity index (χ4n) is 7.55. The fraction of sp³-hybridized carbons (Fsp3) is 0.463. The first-order valence-electron chi connectivity index (χ1n) is 19.0. The number of rotatable bonds is 11. The highest BCUT2D eigenvalue weighted by atomic mass is 16.5. The van der Waals surface area contributed by atoms with Crippen LogP contribution in [0.1, 0.15) is 91.0 Å². The molecule has 0 bridgehead atoms. The number of imidazole rings is 2. The second-order valence-electron chi connectivity index (χ2n) is 15.6. The summed E-state index contributed by atoms with van der Waals surface area (Å²) < 4.78 is 4.81. The van der Waals surface area contributed by atoms with E-state index in [0.717, 1.165) is 59.3 Å². The standard InChI is InChI=1S/C41H52N8O6/c1-24(2)40(5,46-38(52)53)36(50)48-20-8-10-32(48)34-42-22-30(44-34)28-16-12-26(13-17-28)27-14-18-29(19-15-27)31-23-43-35(45-31)33-11-9-21-49(33)37(51)41(6,25(3)4)47-39(54)55-7/h12-19,22-25,32-33,46H,8-11,20-21H2,1-7H3,(H,42,44)(H,43,45)(H,47,54)(H,52,53)/t32-,33?,40-,41-/m0/s1. The molecule has 0 saturated carbocycles. The minimum absolute atomic E-state index is 0.161. The molecule has 2 aromatic carbocycles. The Bertz CT molecular complexity index is 2020. The Morgan fingerprint density at radius 1 is 0.709 bits per heavy atom. The van der Waals surface area contributed by atoms with Crippen molar-refractivity contribution in [2.24, 2.45) is 11.8 Å². The van der Waals surface area contributed by atoms with Crippen LogP contribution in [0.5, 0.6) is 0 Å². The number of benzene rings is 2. The molecular weight excluding hydrogens is 701 g/mol. The summed E-state index contributed by atoms with van der Waals surface area (Å²) >= 11 is 0. The largest absolute Gasteiger partial charge is 0.465 e. The third kappa shape index (κ3) is 7.67. The lowest BCUT2D eigenvalue weighted by Gasteiger charge is -2.37. The highest BCUT2D eigenvalue weighted by Crippen LogP contribution is 2.37. The van der Waals surface area contributed by atoms with E-state index in [1.165, 1.54) is 7.11 Å². The van der Waals surface area contributed by atoms with E-state index in [9.17, 15) is 24.3 Å². The van der Waals surface area contributed by atoms with Crippen LogP contribution >= 0.6 is 0 Å². The summed E-state index contributed by atoms with van der Waals surface area (Å²) in [7, 11) is 1.29. The van der Waals surface area contributed by atoms with Gasteiger partial charge in [0.2, 0.25) is 11.8 Å². The lowest BCUT2D eigenvalue weighted by atomic mass is 9.86. The van der Waals surface area contributed by atoms with Gasteiger partial charge in [-0.25, -0.2) is 19.6 Å². The van der Waals surface area contributed by atoms with Gasteiger partial charge in [0.05, 0.1) is 43.0 Å². The van der Waals surface area contributed by atoms with Gasteiger partial charge in [-0.3, -0.25) is 9.59 Å². The molecule has 292 valence electrons. The molecule has 0 aliphatic carbocycles. The highest BCUT2D eigenvalue weighted by molar-refractivity contribution is 5.91. The van der Waals surface area contributed by atoms with Gasteiger partial charge in [-0.1, -0.05) is 76.2 Å². The zero-order valence-corrected chi connectivity index (χ0v) is 32.6. The number of alkyl carbamates (subject to hydrolysis) is 1. The highest BCUT2D eigenvalue weighted by Gasteiger charge is 2.46. The molecule has 4 aromatic rings. The second kappa shape index (κ2) is 15.6. The van der Waals surface area contributed by atoms with Crippen molar-refractivity contribution < 1.29 is 29.0 Å². The van der Waals surface area contributed by atoms with Crippen LogP contribution in [0.25, 0.3) is 33.6 Å². The van der Waals surface area contributed by atoms with Crippen molar-refractivity contribution in [3.05, 3.63) is 72.6 Å². The summed E-state index contributed by atoms with van der Waals surface area (Å²) in [5, 5.41) is 14.7. The normalized spacial score (nSPS) is 19.3. The van der Waals surface area contributed by atoms with Gasteiger partial charge in [0, 0.05) is 13.1 Å². The Balaban J connectivity index is 1.12. The number of likely N-dealkylation sites (tertiary alicyclic amines) is 2. The van der Waals surface area contributed by atoms with Crippen LogP contribution in [-0.2, 0) is 14.3 Å². The van der Waals surface area contributed by atoms with Gasteiger partial charge in [0.15, 0.2) is 0 Å². The molecule has 6 rings (SSSR count). The lowest BCUT2D eigenvalue weighted by Crippen LogP contribution is -2.60. The van der Waals surface area contributed by atoms with Crippen molar-refractivity contribution in [2.75, 3.05) is 20.2 Å². The average molecular weight is 753 g/mol. The Morgan fingerprint density at radius 3 is 1.45 bits per heavy atom. The number of amides is 4. The van der Waals surface area contributed by atoms with Crippen molar-refractivity contribution in [3.63, 3.8) is 0 Å². The predicted octanol–water partition coefficient (Wildman–Crippen LogP) is 6.91. The summed E-state index contributed by atoms with van der Waals surface area (Å²) in [6.45, 7) is 12.0. The van der Waals surface area contributed by atoms with E-state index >= 15 is 0 Å². The number of carboxylic acid groups (broad SMARTS) is 1. The molecule has 14 heteroatoms. The molecule has 5 N–H and O–H groups in total. The summed E-state index contributed by atoms with van der Waals surface area (Å²) in [5.74, 6) is 0.582. The van der Waals surface area contributed by atoms with Crippen LogP contribution in [0.15, 0.2) is 60.9 Å². The molecule has 2 fully saturated rings. The van der Waals surface area contributed by atoms with Gasteiger partial charge in [-0.2, -0.15) is 0 Å². The van der Waals surface area contributed by atoms with Crippen LogP contribution in [0.4, 0.5) is 9.59 Å². The first-order chi connectivity index (χ1) is 26.2. The molecule has 1 unspecified atom stereocenters. The van der Waals surface area contributed by atoms with Crippen molar-refractivity contribution in [3.8, 4) is 33.6 Å². The minimum Gasteiger partial charge on any atom is -0.465 e. The number of hydrogen-bond donors (Lipinski definition) is 5. The van der Waals surface area contributed by atoms with Crippen molar-refractivity contribution in [1.29, 1.82) is 0 Å². The van der Waals surface area contributed by atoms with Crippen LogP contribution in [0.3, 0.4) is 0 Å². The maximum absolute atomic E-state index is 13.8. The quantitative estimate of drug-likeness (QED) is 0.109. The topological polar surface area (TPSA) is 186 Å². The van der Waals surface area contributed by atoms with Crippen LogP contribution in [0.2, 0.25) is 0 Å². The number of hydrogen-bond acceptors (Lipinski definition) is 7. The van der Waals surface area contributed by atoms with E-state index in [1.807, 2.05) is 56.9 Å². The fourth-order valence-corrected chi connectivity index (χ4v) is 7.55. The number of nitrogens with zero attached hydrogens (tertiary/aromatic N) is 4. The smallest absolute Gasteiger partial charge is 0.407 e. The molecule has 2 aliphatic rings. The molecular formula is C41H52N8O6. The number of aromatic amines is 2. The third-order valence-electron chi connectivity index (χ3n) is 11.7. The maximum Gasteiger partial charge on any atom is 0.407 e. The van der Waals surface area contributed by atoms with Gasteiger partial charge in [-0.05, 0) is 73.6 Å². The van der Waals surface area contributed by atoms with Crippen molar-refractivity contribution in [1.82, 2.24) is 40.4 Å². The van der Waals surface area contributed by atoms with Crippen LogP contribution < -0.4 is 10.6 Å². The molecule has 2 aliphatic heterocycles. The van der Waals surface area contributed by atoms with Gasteiger partial charge < -0.3 is 40.2 Å². The molecule has 0 spiro atoms. The number of H-pyrrole nitrogens is 2. The Kier molecular flexibility index (Phi) is 11.1. The summed E-state index contributed by atoms with van der Waals surface area (Å²) in [5.41, 5.74) is 3.31. The summed E-state index contributed by atoms with van der Waals surface area (Å²) in [4.78, 5) is 71.0. The SMILES string of the molecule is COC(=O)N[C@](C)(C(=O)N1CCCC1c1ncc(-c2ccc(-c3ccc(-c4cnc([C@@H]5CCCN5C(=O)[C@@](C)(NC(=O)O)C(C)C)[nH]4)cc3)cc2)[nH]1)C(C)C. The number of ether oxygens (including phenoxy) is 1. The number of carbonyl (C=O) groups is 4. The lowest BCUT2D eigenvalue weighted by molar-refractivity contribution is -0.141. The zero-order valence-electron chi connectivity index (χ0n) is 32.6. The summed E-state index contributed by atoms with van der Waals surface area (Å²) in [6, 6.07) is 15.9. The van der Waals surface area contributed by atoms with Crippen molar-refractivity contribution >= 4 is 24.0 Å². The van der Waals surface area contributed by atoms with Crippen molar-refractivity contribution in [2.45, 2.75) is 90.4 Å². The predicted molar refractivity (Wildman–Crippen MR) is 208 cm³/mol. The molecule has 0 radical (unpaired) electrons. The molecule has 4 heterocycles. The Morgan fingerprint density at radius 2 is 1.09 bits per heavy atom. The molecule has 2 aromatic heterocycles. The molecule has 4 atom stereocenters. The average Bonchev–Trinajstić information content (AvgIpc) is 4.00. The van der Waals surface area contributed by atoms with Gasteiger partial charge in [0.1, 0.15) is 22.7 Å². The second-order valence-corrected chi connectivity index (χ2v) is 15.6. The molecule has 55 heavy (non-hydrogen) atoms. The van der Waals surface area contributed by atoms with E-state index in [-0.39, 0.29) is 35.7 Å². The van der Waals surface area contributed by atoms with Crippen LogP contribution in [0, 0.1) is 11.8 Å².